The van der Waals surface area contributed by atoms with Crippen molar-refractivity contribution in [1.29, 1.82) is 0 Å². The highest BCUT2D eigenvalue weighted by molar-refractivity contribution is 9.10. The molecule has 1 unspecified atom stereocenters. The maximum absolute atomic E-state index is 5.72. The van der Waals surface area contributed by atoms with Crippen LogP contribution in [0.25, 0.3) is 0 Å². The normalized spacial score (nSPS) is 21.7. The maximum atomic E-state index is 5.72. The molecule has 0 bridgehead atoms. The van der Waals surface area contributed by atoms with E-state index in [1.54, 1.807) is 0 Å². The monoisotopic (exact) mass is 269 g/mol. The van der Waals surface area contributed by atoms with Crippen LogP contribution >= 0.6 is 15.9 Å². The second-order valence-corrected chi connectivity index (χ2v) is 4.85. The molecule has 0 amide bonds. The summed E-state index contributed by atoms with van der Waals surface area (Å²) in [5.74, 6) is 1.67. The van der Waals surface area contributed by atoms with Gasteiger partial charge in [0.05, 0.1) is 4.47 Å². The number of pyridine rings is 1. The van der Waals surface area contributed by atoms with E-state index in [0.29, 0.717) is 5.92 Å². The van der Waals surface area contributed by atoms with E-state index in [1.807, 2.05) is 18.3 Å². The van der Waals surface area contributed by atoms with Crippen molar-refractivity contribution in [3.05, 3.63) is 22.8 Å². The van der Waals surface area contributed by atoms with E-state index in [1.165, 1.54) is 12.8 Å². The molecule has 1 saturated heterocycles. The first-order chi connectivity index (χ1) is 7.31. The highest BCUT2D eigenvalue weighted by Gasteiger charge is 2.20. The van der Waals surface area contributed by atoms with Gasteiger partial charge in [-0.15, -0.1) is 0 Å². The second kappa shape index (κ2) is 4.94. The van der Waals surface area contributed by atoms with Gasteiger partial charge in [-0.2, -0.15) is 0 Å². The molecule has 2 N–H and O–H groups in total. The molecule has 0 radical (unpaired) electrons. The van der Waals surface area contributed by atoms with E-state index in [0.717, 1.165) is 29.9 Å². The van der Waals surface area contributed by atoms with Gasteiger partial charge in [-0.1, -0.05) is 0 Å². The van der Waals surface area contributed by atoms with Gasteiger partial charge in [0.2, 0.25) is 0 Å². The maximum Gasteiger partial charge on any atom is 0.142 e. The minimum Gasteiger partial charge on any atom is -0.355 e. The molecule has 1 aliphatic rings. The second-order valence-electron chi connectivity index (χ2n) is 4.00. The van der Waals surface area contributed by atoms with E-state index >= 15 is 0 Å². The predicted molar refractivity (Wildman–Crippen MR) is 65.9 cm³/mol. The molecule has 1 aromatic heterocycles. The average Bonchev–Trinajstić information content (AvgIpc) is 2.30. The van der Waals surface area contributed by atoms with Crippen molar-refractivity contribution in [2.24, 2.45) is 11.7 Å². The molecule has 2 heterocycles. The molecule has 4 heteroatoms. The van der Waals surface area contributed by atoms with Crippen molar-refractivity contribution in [3.8, 4) is 0 Å². The number of anilines is 1. The Morgan fingerprint density at radius 3 is 3.20 bits per heavy atom. The van der Waals surface area contributed by atoms with Crippen LogP contribution < -0.4 is 10.6 Å². The standard InChI is InChI=1S/C11H16BrN3/c12-10-4-1-5-14-11(10)15-6-2-3-9(7-13)8-15/h1,4-5,9H,2-3,6-8,13H2. The molecule has 0 spiro atoms. The third kappa shape index (κ3) is 2.49. The first kappa shape index (κ1) is 10.9. The lowest BCUT2D eigenvalue weighted by molar-refractivity contribution is 0.421. The summed E-state index contributed by atoms with van der Waals surface area (Å²) in [7, 11) is 0. The van der Waals surface area contributed by atoms with Gasteiger partial charge >= 0.3 is 0 Å². The summed E-state index contributed by atoms with van der Waals surface area (Å²) >= 11 is 3.54. The average molecular weight is 270 g/mol. The van der Waals surface area contributed by atoms with Crippen LogP contribution in [0.1, 0.15) is 12.8 Å². The molecule has 3 nitrogen and oxygen atoms in total. The Bertz CT molecular complexity index is 329. The Labute approximate surface area is 98.8 Å². The Balaban J connectivity index is 2.13. The van der Waals surface area contributed by atoms with Crippen LogP contribution in [-0.4, -0.2) is 24.6 Å². The number of hydrogen-bond acceptors (Lipinski definition) is 3. The number of nitrogens with zero attached hydrogens (tertiary/aromatic N) is 2. The molecule has 15 heavy (non-hydrogen) atoms. The van der Waals surface area contributed by atoms with E-state index in [4.69, 9.17) is 5.73 Å². The minimum absolute atomic E-state index is 0.618. The summed E-state index contributed by atoms with van der Waals surface area (Å²) in [6.07, 6.45) is 4.30. The van der Waals surface area contributed by atoms with Gasteiger partial charge in [0.1, 0.15) is 5.82 Å². The first-order valence-electron chi connectivity index (χ1n) is 5.37. The molecular weight excluding hydrogens is 254 g/mol. The highest BCUT2D eigenvalue weighted by Crippen LogP contribution is 2.27. The van der Waals surface area contributed by atoms with Crippen LogP contribution in [0.4, 0.5) is 5.82 Å². The summed E-state index contributed by atoms with van der Waals surface area (Å²) in [6.45, 7) is 2.90. The smallest absolute Gasteiger partial charge is 0.142 e. The van der Waals surface area contributed by atoms with E-state index < -0.39 is 0 Å². The number of hydrogen-bond donors (Lipinski definition) is 1. The van der Waals surface area contributed by atoms with Gasteiger partial charge in [-0.05, 0) is 53.4 Å². The van der Waals surface area contributed by atoms with Crippen LogP contribution in [0, 0.1) is 5.92 Å². The molecule has 82 valence electrons. The fourth-order valence-corrected chi connectivity index (χ4v) is 2.57. The highest BCUT2D eigenvalue weighted by atomic mass is 79.9. The van der Waals surface area contributed by atoms with Gasteiger partial charge in [0.25, 0.3) is 0 Å². The van der Waals surface area contributed by atoms with Gasteiger partial charge in [0.15, 0.2) is 0 Å². The van der Waals surface area contributed by atoms with Crippen molar-refractivity contribution in [2.75, 3.05) is 24.5 Å². The summed E-state index contributed by atoms with van der Waals surface area (Å²) in [5.41, 5.74) is 5.72. The van der Waals surface area contributed by atoms with Crippen LogP contribution in [0.15, 0.2) is 22.8 Å². The Kier molecular flexibility index (Phi) is 3.59. The summed E-state index contributed by atoms with van der Waals surface area (Å²) < 4.78 is 1.07. The van der Waals surface area contributed by atoms with E-state index in [2.05, 4.69) is 25.8 Å². The number of halogens is 1. The Morgan fingerprint density at radius 2 is 2.47 bits per heavy atom. The quantitative estimate of drug-likeness (QED) is 0.894. The molecule has 1 atom stereocenters. The third-order valence-corrected chi connectivity index (χ3v) is 3.51. The van der Waals surface area contributed by atoms with E-state index in [9.17, 15) is 0 Å². The van der Waals surface area contributed by atoms with Crippen LogP contribution in [0.5, 0.6) is 0 Å². The van der Waals surface area contributed by atoms with Crippen molar-refractivity contribution in [1.82, 2.24) is 4.98 Å². The van der Waals surface area contributed by atoms with Gasteiger partial charge in [-0.25, -0.2) is 4.98 Å². The van der Waals surface area contributed by atoms with Gasteiger partial charge in [-0.3, -0.25) is 0 Å². The zero-order chi connectivity index (χ0) is 10.7. The molecule has 1 aromatic rings. The molecule has 2 rings (SSSR count). The zero-order valence-corrected chi connectivity index (χ0v) is 10.3. The number of nitrogens with two attached hydrogens (primary N) is 1. The lowest BCUT2D eigenvalue weighted by Crippen LogP contribution is -2.38. The molecule has 0 aliphatic carbocycles. The Morgan fingerprint density at radius 1 is 1.60 bits per heavy atom. The summed E-state index contributed by atoms with van der Waals surface area (Å²) in [6, 6.07) is 3.98. The number of piperidine rings is 1. The fourth-order valence-electron chi connectivity index (χ4n) is 2.06. The van der Waals surface area contributed by atoms with Crippen molar-refractivity contribution in [3.63, 3.8) is 0 Å². The van der Waals surface area contributed by atoms with Crippen molar-refractivity contribution in [2.45, 2.75) is 12.8 Å². The largest absolute Gasteiger partial charge is 0.355 e. The van der Waals surface area contributed by atoms with Gasteiger partial charge < -0.3 is 10.6 Å². The molecule has 0 aromatic carbocycles. The SMILES string of the molecule is NCC1CCCN(c2ncccc2Br)C1. The lowest BCUT2D eigenvalue weighted by atomic mass is 9.98. The van der Waals surface area contributed by atoms with Crippen LogP contribution in [0.3, 0.4) is 0 Å². The van der Waals surface area contributed by atoms with Crippen molar-refractivity contribution < 1.29 is 0 Å². The number of rotatable bonds is 2. The lowest BCUT2D eigenvalue weighted by Gasteiger charge is -2.33. The van der Waals surface area contributed by atoms with E-state index in [-0.39, 0.29) is 0 Å². The predicted octanol–water partition coefficient (Wildman–Crippen LogP) is 2.02. The number of aromatic nitrogens is 1. The molecule has 1 fully saturated rings. The van der Waals surface area contributed by atoms with Crippen molar-refractivity contribution >= 4 is 21.7 Å². The summed E-state index contributed by atoms with van der Waals surface area (Å²) in [5, 5.41) is 0. The molecule has 0 saturated carbocycles. The zero-order valence-electron chi connectivity index (χ0n) is 8.69. The fraction of sp³-hybridized carbons (Fsp3) is 0.545. The topological polar surface area (TPSA) is 42.1 Å². The third-order valence-electron chi connectivity index (χ3n) is 2.89. The van der Waals surface area contributed by atoms with Crippen LogP contribution in [0.2, 0.25) is 0 Å². The minimum atomic E-state index is 0.618. The first-order valence-corrected chi connectivity index (χ1v) is 6.16. The molecule has 1 aliphatic heterocycles. The van der Waals surface area contributed by atoms with Gasteiger partial charge in [0, 0.05) is 19.3 Å². The van der Waals surface area contributed by atoms with Crippen LogP contribution in [-0.2, 0) is 0 Å². The Hall–Kier alpha value is -0.610. The molecular formula is C11H16BrN3. The summed E-state index contributed by atoms with van der Waals surface area (Å²) in [4.78, 5) is 6.73.